The van der Waals surface area contributed by atoms with Gasteiger partial charge in [-0.25, -0.2) is 9.37 Å². The number of hydrogen-bond acceptors (Lipinski definition) is 4. The summed E-state index contributed by atoms with van der Waals surface area (Å²) in [5, 5.41) is 15.5. The maximum Gasteiger partial charge on any atom is 0.241 e. The predicted octanol–water partition coefficient (Wildman–Crippen LogP) is 2.35. The number of amides is 1. The van der Waals surface area contributed by atoms with Crippen molar-refractivity contribution in [3.05, 3.63) is 47.8 Å². The maximum atomic E-state index is 13.5. The monoisotopic (exact) mass is 368 g/mol. The minimum Gasteiger partial charge on any atom is -0.392 e. The zero-order valence-electron chi connectivity index (χ0n) is 15.2. The van der Waals surface area contributed by atoms with Gasteiger partial charge in [0.1, 0.15) is 11.6 Å². The fourth-order valence-electron chi connectivity index (χ4n) is 3.51. The summed E-state index contributed by atoms with van der Waals surface area (Å²) in [6.07, 6.45) is -0.0639. The van der Waals surface area contributed by atoms with Crippen LogP contribution >= 0.6 is 0 Å². The number of carbonyl (C=O) groups excluding carboxylic acids is 1. The molecule has 6 nitrogen and oxygen atoms in total. The molecular formula is C20H21FN4O2. The Morgan fingerprint density at radius 1 is 1.33 bits per heavy atom. The Kier molecular flexibility index (Phi) is 4.41. The largest absolute Gasteiger partial charge is 0.392 e. The molecule has 2 unspecified atom stereocenters. The van der Waals surface area contributed by atoms with Gasteiger partial charge in [-0.2, -0.15) is 0 Å². The molecule has 27 heavy (non-hydrogen) atoms. The molecule has 3 aromatic rings. The van der Waals surface area contributed by atoms with Crippen molar-refractivity contribution in [1.82, 2.24) is 14.9 Å². The molecule has 2 heterocycles. The van der Waals surface area contributed by atoms with Gasteiger partial charge in [0.15, 0.2) is 0 Å². The molecule has 1 amide bonds. The number of halogens is 1. The molecule has 1 aromatic heterocycles. The lowest BCUT2D eigenvalue weighted by Crippen LogP contribution is -2.35. The molecule has 0 bridgehead atoms. The van der Waals surface area contributed by atoms with Crippen molar-refractivity contribution in [2.75, 3.05) is 11.9 Å². The number of benzene rings is 2. The van der Waals surface area contributed by atoms with Crippen molar-refractivity contribution in [1.29, 1.82) is 0 Å². The van der Waals surface area contributed by atoms with Crippen LogP contribution in [0.4, 0.5) is 10.1 Å². The number of aliphatic hydroxyl groups excluding tert-OH is 1. The average Bonchev–Trinajstić information content (AvgIpc) is 3.20. The number of fused-ring (bicyclic) bond motifs is 1. The summed E-state index contributed by atoms with van der Waals surface area (Å²) >= 11 is 0. The molecule has 0 saturated carbocycles. The van der Waals surface area contributed by atoms with Crippen LogP contribution in [0.3, 0.4) is 0 Å². The Labute approximate surface area is 156 Å². The van der Waals surface area contributed by atoms with Gasteiger partial charge in [-0.3, -0.25) is 4.79 Å². The maximum absolute atomic E-state index is 13.5. The first-order valence-corrected chi connectivity index (χ1v) is 8.87. The van der Waals surface area contributed by atoms with Crippen LogP contribution in [-0.2, 0) is 11.8 Å². The number of nitrogens with zero attached hydrogens (tertiary/aromatic N) is 2. The molecule has 4 rings (SSSR count). The highest BCUT2D eigenvalue weighted by Crippen LogP contribution is 2.27. The van der Waals surface area contributed by atoms with Crippen LogP contribution in [0.25, 0.3) is 22.4 Å². The van der Waals surface area contributed by atoms with Gasteiger partial charge in [-0.05, 0) is 49.2 Å². The molecule has 3 N–H and O–H groups in total. The van der Waals surface area contributed by atoms with E-state index in [1.807, 2.05) is 36.7 Å². The predicted molar refractivity (Wildman–Crippen MR) is 102 cm³/mol. The van der Waals surface area contributed by atoms with E-state index in [0.717, 1.165) is 28.2 Å². The summed E-state index contributed by atoms with van der Waals surface area (Å²) in [5.41, 5.74) is 3.97. The Hall–Kier alpha value is -2.77. The molecule has 1 aliphatic heterocycles. The SMILES string of the molecule is Cc1cc(-c2nc3cc(F)ccc3n2C)ccc1NC(=O)C1CC(O)CN1. The summed E-state index contributed by atoms with van der Waals surface area (Å²) in [5.74, 6) is 0.268. The van der Waals surface area contributed by atoms with Crippen LogP contribution in [0.5, 0.6) is 0 Å². The first-order chi connectivity index (χ1) is 12.9. The van der Waals surface area contributed by atoms with E-state index in [-0.39, 0.29) is 17.8 Å². The molecule has 1 saturated heterocycles. The molecule has 0 radical (unpaired) electrons. The van der Waals surface area contributed by atoms with Crippen molar-refractivity contribution >= 4 is 22.6 Å². The van der Waals surface area contributed by atoms with E-state index in [4.69, 9.17) is 0 Å². The molecule has 140 valence electrons. The van der Waals surface area contributed by atoms with E-state index < -0.39 is 6.10 Å². The number of aromatic nitrogens is 2. The van der Waals surface area contributed by atoms with Gasteiger partial charge in [-0.1, -0.05) is 0 Å². The summed E-state index contributed by atoms with van der Waals surface area (Å²) < 4.78 is 15.4. The minimum absolute atomic E-state index is 0.152. The second-order valence-electron chi connectivity index (χ2n) is 7.00. The Bertz CT molecular complexity index is 1030. The van der Waals surface area contributed by atoms with E-state index in [0.29, 0.717) is 18.5 Å². The van der Waals surface area contributed by atoms with Crippen molar-refractivity contribution in [3.63, 3.8) is 0 Å². The smallest absolute Gasteiger partial charge is 0.241 e. The fraction of sp³-hybridized carbons (Fsp3) is 0.300. The summed E-state index contributed by atoms with van der Waals surface area (Å²) in [7, 11) is 1.89. The highest BCUT2D eigenvalue weighted by Gasteiger charge is 2.28. The molecule has 2 atom stereocenters. The third-order valence-corrected chi connectivity index (χ3v) is 5.01. The lowest BCUT2D eigenvalue weighted by atomic mass is 10.1. The molecule has 2 aromatic carbocycles. The summed E-state index contributed by atoms with van der Waals surface area (Å²) in [6, 6.07) is 9.85. The van der Waals surface area contributed by atoms with E-state index in [2.05, 4.69) is 15.6 Å². The van der Waals surface area contributed by atoms with Gasteiger partial charge in [0.2, 0.25) is 5.91 Å². The van der Waals surface area contributed by atoms with Crippen molar-refractivity contribution in [3.8, 4) is 11.4 Å². The molecule has 7 heteroatoms. The average molecular weight is 368 g/mol. The number of nitrogens with one attached hydrogen (secondary N) is 2. The highest BCUT2D eigenvalue weighted by molar-refractivity contribution is 5.96. The van der Waals surface area contributed by atoms with Crippen molar-refractivity contribution in [2.24, 2.45) is 7.05 Å². The van der Waals surface area contributed by atoms with E-state index in [1.165, 1.54) is 12.1 Å². The third kappa shape index (κ3) is 3.31. The van der Waals surface area contributed by atoms with Crippen LogP contribution in [-0.4, -0.2) is 39.3 Å². The van der Waals surface area contributed by atoms with Crippen LogP contribution < -0.4 is 10.6 Å². The molecular weight excluding hydrogens is 347 g/mol. The lowest BCUT2D eigenvalue weighted by molar-refractivity contribution is -0.117. The number of β-amino-alcohol motifs (C(OH)–C–C–N with tert-alkyl or cyclic N) is 1. The van der Waals surface area contributed by atoms with Crippen LogP contribution in [0.1, 0.15) is 12.0 Å². The van der Waals surface area contributed by atoms with Crippen LogP contribution in [0.15, 0.2) is 36.4 Å². The second-order valence-corrected chi connectivity index (χ2v) is 7.00. The van der Waals surface area contributed by atoms with Gasteiger partial charge in [-0.15, -0.1) is 0 Å². The van der Waals surface area contributed by atoms with Gasteiger partial charge >= 0.3 is 0 Å². The first-order valence-electron chi connectivity index (χ1n) is 8.87. The lowest BCUT2D eigenvalue weighted by Gasteiger charge is -2.14. The molecule has 0 spiro atoms. The van der Waals surface area contributed by atoms with Gasteiger partial charge in [0.25, 0.3) is 0 Å². The number of carbonyl (C=O) groups is 1. The summed E-state index contributed by atoms with van der Waals surface area (Å²) in [6.45, 7) is 2.35. The fourth-order valence-corrected chi connectivity index (χ4v) is 3.51. The van der Waals surface area contributed by atoms with Crippen molar-refractivity contribution in [2.45, 2.75) is 25.5 Å². The quantitative estimate of drug-likeness (QED) is 0.663. The Morgan fingerprint density at radius 2 is 2.15 bits per heavy atom. The number of hydrogen-bond donors (Lipinski definition) is 3. The minimum atomic E-state index is -0.480. The first kappa shape index (κ1) is 17.6. The van der Waals surface area contributed by atoms with E-state index >= 15 is 0 Å². The van der Waals surface area contributed by atoms with Crippen molar-refractivity contribution < 1.29 is 14.3 Å². The standard InChI is InChI=1S/C20H21FN4O2/c1-11-7-12(19-23-16-8-13(21)4-6-18(16)25(19)2)3-5-15(11)24-20(27)17-9-14(26)10-22-17/h3-8,14,17,22,26H,9-10H2,1-2H3,(H,24,27). The number of rotatable bonds is 3. The Morgan fingerprint density at radius 3 is 2.85 bits per heavy atom. The number of aryl methyl sites for hydroxylation is 2. The van der Waals surface area contributed by atoms with E-state index in [9.17, 15) is 14.3 Å². The van der Waals surface area contributed by atoms with Gasteiger partial charge in [0.05, 0.1) is 23.2 Å². The third-order valence-electron chi connectivity index (χ3n) is 5.01. The molecule has 1 aliphatic rings. The number of imidazole rings is 1. The van der Waals surface area contributed by atoms with E-state index in [1.54, 1.807) is 6.07 Å². The van der Waals surface area contributed by atoms with Gasteiger partial charge in [0, 0.05) is 30.9 Å². The zero-order chi connectivity index (χ0) is 19.1. The summed E-state index contributed by atoms with van der Waals surface area (Å²) in [4.78, 5) is 16.9. The highest BCUT2D eigenvalue weighted by atomic mass is 19.1. The molecule has 1 fully saturated rings. The van der Waals surface area contributed by atoms with Crippen LogP contribution in [0, 0.1) is 12.7 Å². The molecule has 0 aliphatic carbocycles. The topological polar surface area (TPSA) is 79.2 Å². The zero-order valence-corrected chi connectivity index (χ0v) is 15.2. The van der Waals surface area contributed by atoms with Gasteiger partial charge < -0.3 is 20.3 Å². The second kappa shape index (κ2) is 6.75. The van der Waals surface area contributed by atoms with Crippen LogP contribution in [0.2, 0.25) is 0 Å². The number of aliphatic hydroxyl groups is 1. The Balaban J connectivity index is 1.60. The number of anilines is 1. The normalized spacial score (nSPS) is 19.6.